The fourth-order valence-electron chi connectivity index (χ4n) is 1.46. The lowest BCUT2D eigenvalue weighted by atomic mass is 10.4. The molecule has 2 aromatic heterocycles. The van der Waals surface area contributed by atoms with Crippen LogP contribution in [-0.2, 0) is 16.6 Å². The molecule has 2 heterocycles. The second-order valence-electron chi connectivity index (χ2n) is 3.65. The minimum atomic E-state index is -3.69. The number of hydrogen-bond donors (Lipinski definition) is 2. The van der Waals surface area contributed by atoms with E-state index in [4.69, 9.17) is 0 Å². The van der Waals surface area contributed by atoms with Crippen LogP contribution in [0.5, 0.6) is 0 Å². The van der Waals surface area contributed by atoms with E-state index in [0.717, 1.165) is 0 Å². The first-order chi connectivity index (χ1) is 9.13. The molecule has 8 heteroatoms. The quantitative estimate of drug-likeness (QED) is 0.822. The Morgan fingerprint density at radius 2 is 2.00 bits per heavy atom. The van der Waals surface area contributed by atoms with E-state index < -0.39 is 10.0 Å². The molecule has 0 spiro atoms. The lowest BCUT2D eigenvalue weighted by molar-refractivity contribution is 0.576. The standard InChI is InChI=1S/C11H13N5O2S/c1-12-10-5-3-6-13-11(10)19(17,18)15-8-9-4-2-7-14-16-9/h2-7,12,15H,8H2,1H3. The first-order valence-corrected chi connectivity index (χ1v) is 7.01. The molecule has 2 rings (SSSR count). The smallest absolute Gasteiger partial charge is 0.260 e. The average Bonchev–Trinajstić information content (AvgIpc) is 2.46. The van der Waals surface area contributed by atoms with Crippen molar-refractivity contribution in [2.45, 2.75) is 11.6 Å². The second kappa shape index (κ2) is 5.72. The summed E-state index contributed by atoms with van der Waals surface area (Å²) in [5.74, 6) is 0. The molecule has 0 saturated carbocycles. The van der Waals surface area contributed by atoms with E-state index in [1.54, 1.807) is 31.3 Å². The molecule has 100 valence electrons. The van der Waals surface area contributed by atoms with Gasteiger partial charge in [0.2, 0.25) is 0 Å². The number of sulfonamides is 1. The van der Waals surface area contributed by atoms with Crippen molar-refractivity contribution >= 4 is 15.7 Å². The zero-order chi connectivity index (χ0) is 13.7. The maximum absolute atomic E-state index is 12.1. The summed E-state index contributed by atoms with van der Waals surface area (Å²) in [6.07, 6.45) is 2.95. The Labute approximate surface area is 111 Å². The average molecular weight is 279 g/mol. The summed E-state index contributed by atoms with van der Waals surface area (Å²) in [6.45, 7) is 0.0654. The first-order valence-electron chi connectivity index (χ1n) is 5.52. The molecule has 0 saturated heterocycles. The van der Waals surface area contributed by atoms with E-state index in [1.165, 1.54) is 12.4 Å². The maximum atomic E-state index is 12.1. The topological polar surface area (TPSA) is 96.9 Å². The number of pyridine rings is 1. The van der Waals surface area contributed by atoms with E-state index in [-0.39, 0.29) is 11.6 Å². The van der Waals surface area contributed by atoms with E-state index in [1.807, 2.05) is 0 Å². The number of nitrogens with zero attached hydrogens (tertiary/aromatic N) is 3. The van der Waals surface area contributed by atoms with Gasteiger partial charge in [-0.3, -0.25) is 0 Å². The number of hydrogen-bond acceptors (Lipinski definition) is 6. The van der Waals surface area contributed by atoms with Gasteiger partial charge in [-0.15, -0.1) is 0 Å². The molecule has 0 aliphatic rings. The molecule has 0 aliphatic carbocycles. The SMILES string of the molecule is CNc1cccnc1S(=O)(=O)NCc1cccnn1. The molecular weight excluding hydrogens is 266 g/mol. The summed E-state index contributed by atoms with van der Waals surface area (Å²) in [6, 6.07) is 6.68. The van der Waals surface area contributed by atoms with Crippen molar-refractivity contribution in [3.05, 3.63) is 42.4 Å². The van der Waals surface area contributed by atoms with Crippen molar-refractivity contribution in [3.8, 4) is 0 Å². The Bertz CT molecular complexity index is 645. The van der Waals surface area contributed by atoms with Crippen LogP contribution in [0.15, 0.2) is 41.7 Å². The van der Waals surface area contributed by atoms with Crippen LogP contribution in [0.2, 0.25) is 0 Å². The third-order valence-corrected chi connectivity index (χ3v) is 3.72. The lowest BCUT2D eigenvalue weighted by Gasteiger charge is -2.09. The molecule has 0 amide bonds. The number of anilines is 1. The van der Waals surface area contributed by atoms with Gasteiger partial charge in [-0.1, -0.05) is 0 Å². The summed E-state index contributed by atoms with van der Waals surface area (Å²) < 4.78 is 26.7. The fourth-order valence-corrected chi connectivity index (χ4v) is 2.59. The van der Waals surface area contributed by atoms with E-state index in [2.05, 4.69) is 25.2 Å². The summed E-state index contributed by atoms with van der Waals surface area (Å²) in [7, 11) is -2.06. The number of rotatable bonds is 5. The maximum Gasteiger partial charge on any atom is 0.260 e. The van der Waals surface area contributed by atoms with Gasteiger partial charge in [0.25, 0.3) is 10.0 Å². The Hall–Kier alpha value is -2.06. The third kappa shape index (κ3) is 3.24. The van der Waals surface area contributed by atoms with Crippen molar-refractivity contribution in [1.29, 1.82) is 0 Å². The van der Waals surface area contributed by atoms with Crippen LogP contribution in [0.25, 0.3) is 0 Å². The predicted molar refractivity (Wildman–Crippen MR) is 69.8 cm³/mol. The summed E-state index contributed by atoms with van der Waals surface area (Å²) in [4.78, 5) is 3.88. The monoisotopic (exact) mass is 279 g/mol. The van der Waals surface area contributed by atoms with Crippen LogP contribution in [0.3, 0.4) is 0 Å². The van der Waals surface area contributed by atoms with Gasteiger partial charge >= 0.3 is 0 Å². The van der Waals surface area contributed by atoms with Crippen LogP contribution < -0.4 is 10.0 Å². The van der Waals surface area contributed by atoms with Crippen molar-refractivity contribution in [2.24, 2.45) is 0 Å². The van der Waals surface area contributed by atoms with Crippen LogP contribution in [0.1, 0.15) is 5.69 Å². The second-order valence-corrected chi connectivity index (χ2v) is 5.33. The normalized spacial score (nSPS) is 11.2. The van der Waals surface area contributed by atoms with Gasteiger partial charge in [0.05, 0.1) is 17.9 Å². The molecule has 2 N–H and O–H groups in total. The Morgan fingerprint density at radius 3 is 2.68 bits per heavy atom. The fraction of sp³-hybridized carbons (Fsp3) is 0.182. The Kier molecular flexibility index (Phi) is 4.03. The van der Waals surface area contributed by atoms with Gasteiger partial charge in [0.1, 0.15) is 0 Å². The third-order valence-electron chi connectivity index (χ3n) is 2.37. The summed E-state index contributed by atoms with van der Waals surface area (Å²) in [5, 5.41) is 10.2. The minimum absolute atomic E-state index is 0.0404. The highest BCUT2D eigenvalue weighted by molar-refractivity contribution is 7.89. The van der Waals surface area contributed by atoms with Gasteiger partial charge in [-0.25, -0.2) is 18.1 Å². The molecule has 0 aromatic carbocycles. The predicted octanol–water partition coefficient (Wildman–Crippen LogP) is 0.392. The van der Waals surface area contributed by atoms with Crippen LogP contribution in [0, 0.1) is 0 Å². The summed E-state index contributed by atoms with van der Waals surface area (Å²) >= 11 is 0. The summed E-state index contributed by atoms with van der Waals surface area (Å²) in [5.41, 5.74) is 0.974. The molecule has 0 atom stereocenters. The molecule has 0 fully saturated rings. The molecule has 0 aliphatic heterocycles. The molecule has 19 heavy (non-hydrogen) atoms. The van der Waals surface area contributed by atoms with E-state index in [0.29, 0.717) is 11.4 Å². The van der Waals surface area contributed by atoms with Crippen molar-refractivity contribution in [1.82, 2.24) is 19.9 Å². The van der Waals surface area contributed by atoms with Gasteiger partial charge in [0.15, 0.2) is 5.03 Å². The molecule has 0 radical (unpaired) electrons. The van der Waals surface area contributed by atoms with E-state index in [9.17, 15) is 8.42 Å². The van der Waals surface area contributed by atoms with Gasteiger partial charge in [-0.05, 0) is 24.3 Å². The van der Waals surface area contributed by atoms with Crippen molar-refractivity contribution in [3.63, 3.8) is 0 Å². The first kappa shape index (κ1) is 13.4. The zero-order valence-corrected chi connectivity index (χ0v) is 11.1. The van der Waals surface area contributed by atoms with Crippen LogP contribution >= 0.6 is 0 Å². The van der Waals surface area contributed by atoms with E-state index >= 15 is 0 Å². The highest BCUT2D eigenvalue weighted by atomic mass is 32.2. The highest BCUT2D eigenvalue weighted by Crippen LogP contribution is 2.16. The van der Waals surface area contributed by atoms with Crippen molar-refractivity contribution < 1.29 is 8.42 Å². The largest absolute Gasteiger partial charge is 0.386 e. The molecule has 7 nitrogen and oxygen atoms in total. The Balaban J connectivity index is 2.19. The van der Waals surface area contributed by atoms with Crippen LogP contribution in [0.4, 0.5) is 5.69 Å². The minimum Gasteiger partial charge on any atom is -0.386 e. The number of aromatic nitrogens is 3. The highest BCUT2D eigenvalue weighted by Gasteiger charge is 2.19. The lowest BCUT2D eigenvalue weighted by Crippen LogP contribution is -2.25. The van der Waals surface area contributed by atoms with Crippen LogP contribution in [-0.4, -0.2) is 30.6 Å². The van der Waals surface area contributed by atoms with Gasteiger partial charge in [-0.2, -0.15) is 10.2 Å². The Morgan fingerprint density at radius 1 is 1.21 bits per heavy atom. The zero-order valence-electron chi connectivity index (χ0n) is 10.2. The van der Waals surface area contributed by atoms with Crippen molar-refractivity contribution in [2.75, 3.05) is 12.4 Å². The molecule has 0 unspecified atom stereocenters. The molecular formula is C11H13N5O2S. The molecule has 0 bridgehead atoms. The van der Waals surface area contributed by atoms with Gasteiger partial charge < -0.3 is 5.32 Å². The van der Waals surface area contributed by atoms with Gasteiger partial charge in [0, 0.05) is 19.4 Å². The molecule has 2 aromatic rings. The number of nitrogens with one attached hydrogen (secondary N) is 2.